The summed E-state index contributed by atoms with van der Waals surface area (Å²) in [6.45, 7) is 13.3. The molecule has 0 amide bonds. The van der Waals surface area contributed by atoms with E-state index in [1.165, 1.54) is 0 Å². The second-order valence-corrected chi connectivity index (χ2v) is 11.3. The molecular weight excluding hydrogens is 338 g/mol. The van der Waals surface area contributed by atoms with Gasteiger partial charge in [-0.05, 0) is 73.5 Å². The molecular formula is C23H41NO3. The van der Waals surface area contributed by atoms with E-state index in [0.29, 0.717) is 36.2 Å². The molecule has 156 valence electrons. The third kappa shape index (κ3) is 2.85. The molecule has 1 heterocycles. The SMILES string of the molecule is C[C@@H]1CCC(O)(C2NCCO2)[C@@]2(C)CC[C@H]3[C@H](C)CC(O)[C@@H](C[C@H]12)C3(C)C. The molecule has 4 rings (SSSR count). The fraction of sp³-hybridized carbons (Fsp3) is 1.00. The molecule has 0 aromatic heterocycles. The molecule has 4 heteroatoms. The maximum atomic E-state index is 12.0. The van der Waals surface area contributed by atoms with Crippen LogP contribution in [0.4, 0.5) is 0 Å². The van der Waals surface area contributed by atoms with Crippen molar-refractivity contribution in [3.8, 4) is 0 Å². The Hall–Kier alpha value is -0.160. The van der Waals surface area contributed by atoms with Crippen molar-refractivity contribution in [1.29, 1.82) is 0 Å². The van der Waals surface area contributed by atoms with Crippen molar-refractivity contribution in [3.05, 3.63) is 0 Å². The first-order chi connectivity index (χ1) is 12.6. The Labute approximate surface area is 165 Å². The summed E-state index contributed by atoms with van der Waals surface area (Å²) in [4.78, 5) is 0. The predicted molar refractivity (Wildman–Crippen MR) is 107 cm³/mol. The first-order valence-corrected chi connectivity index (χ1v) is 11.4. The van der Waals surface area contributed by atoms with Gasteiger partial charge in [0, 0.05) is 12.0 Å². The Bertz CT molecular complexity index is 560. The summed E-state index contributed by atoms with van der Waals surface area (Å²) in [5.41, 5.74) is -0.823. The van der Waals surface area contributed by atoms with Crippen LogP contribution in [0.15, 0.2) is 0 Å². The van der Waals surface area contributed by atoms with Gasteiger partial charge >= 0.3 is 0 Å². The molecule has 1 saturated heterocycles. The van der Waals surface area contributed by atoms with Gasteiger partial charge in [0.05, 0.1) is 12.7 Å². The summed E-state index contributed by atoms with van der Waals surface area (Å²) in [6.07, 6.45) is 5.58. The van der Waals surface area contributed by atoms with Crippen molar-refractivity contribution in [3.63, 3.8) is 0 Å². The number of aliphatic hydroxyl groups is 2. The van der Waals surface area contributed by atoms with Gasteiger partial charge < -0.3 is 14.9 Å². The zero-order valence-corrected chi connectivity index (χ0v) is 18.0. The summed E-state index contributed by atoms with van der Waals surface area (Å²) in [5, 5.41) is 26.5. The van der Waals surface area contributed by atoms with Crippen LogP contribution in [-0.2, 0) is 4.74 Å². The summed E-state index contributed by atoms with van der Waals surface area (Å²) >= 11 is 0. The Morgan fingerprint density at radius 2 is 1.67 bits per heavy atom. The highest BCUT2D eigenvalue weighted by Gasteiger charge is 2.63. The Morgan fingerprint density at radius 1 is 0.926 bits per heavy atom. The lowest BCUT2D eigenvalue weighted by Crippen LogP contribution is -2.66. The Balaban J connectivity index is 1.74. The highest BCUT2D eigenvalue weighted by molar-refractivity contribution is 5.12. The maximum Gasteiger partial charge on any atom is 0.137 e. The molecule has 3 unspecified atom stereocenters. The van der Waals surface area contributed by atoms with E-state index in [9.17, 15) is 10.2 Å². The van der Waals surface area contributed by atoms with Gasteiger partial charge in [-0.1, -0.05) is 34.6 Å². The van der Waals surface area contributed by atoms with Crippen molar-refractivity contribution in [2.45, 2.75) is 91.1 Å². The van der Waals surface area contributed by atoms with Gasteiger partial charge in [0.2, 0.25) is 0 Å². The fourth-order valence-electron chi connectivity index (χ4n) is 8.00. The molecule has 0 aromatic carbocycles. The van der Waals surface area contributed by atoms with E-state index in [1.54, 1.807) is 0 Å². The minimum Gasteiger partial charge on any atom is -0.393 e. The van der Waals surface area contributed by atoms with Gasteiger partial charge in [0.15, 0.2) is 0 Å². The topological polar surface area (TPSA) is 61.7 Å². The standard InChI is InChI=1S/C23H41NO3/c1-14-6-9-23(26,20-24-10-11-27-20)22(5)8-7-16-15(2)12-19(25)18(13-17(14)22)21(16,3)4/h14-20,24-26H,6-13H2,1-5H3/t14-,15-,16+,17-,18-,19?,20?,22+,23?/m1/s1. The lowest BCUT2D eigenvalue weighted by atomic mass is 9.45. The van der Waals surface area contributed by atoms with Crippen molar-refractivity contribution < 1.29 is 14.9 Å². The molecule has 1 aliphatic heterocycles. The Morgan fingerprint density at radius 3 is 2.33 bits per heavy atom. The Kier molecular flexibility index (Phi) is 4.98. The van der Waals surface area contributed by atoms with Gasteiger partial charge in [-0.25, -0.2) is 0 Å². The van der Waals surface area contributed by atoms with E-state index < -0.39 is 5.60 Å². The molecule has 27 heavy (non-hydrogen) atoms. The molecule has 4 nitrogen and oxygen atoms in total. The maximum absolute atomic E-state index is 12.0. The number of rotatable bonds is 1. The molecule has 0 radical (unpaired) electrons. The normalized spacial score (nSPS) is 55.4. The molecule has 3 N–H and O–H groups in total. The molecule has 3 aliphatic carbocycles. The summed E-state index contributed by atoms with van der Waals surface area (Å²) < 4.78 is 5.98. The number of hydrogen-bond donors (Lipinski definition) is 3. The van der Waals surface area contributed by atoms with Crippen molar-refractivity contribution in [2.75, 3.05) is 13.2 Å². The molecule has 0 aromatic rings. The number of fused-ring (bicyclic) bond motifs is 3. The second kappa shape index (κ2) is 6.68. The van der Waals surface area contributed by atoms with Crippen LogP contribution in [0.5, 0.6) is 0 Å². The van der Waals surface area contributed by atoms with Gasteiger partial charge in [-0.3, -0.25) is 5.32 Å². The second-order valence-electron chi connectivity index (χ2n) is 11.3. The van der Waals surface area contributed by atoms with Crippen LogP contribution in [0, 0.1) is 40.4 Å². The molecule has 4 aliphatic rings. The van der Waals surface area contributed by atoms with E-state index in [4.69, 9.17) is 4.74 Å². The van der Waals surface area contributed by atoms with Gasteiger partial charge in [-0.15, -0.1) is 0 Å². The minimum atomic E-state index is -0.815. The highest BCUT2D eigenvalue weighted by Crippen LogP contribution is 2.63. The quantitative estimate of drug-likeness (QED) is 0.652. The van der Waals surface area contributed by atoms with E-state index in [0.717, 1.165) is 45.1 Å². The smallest absolute Gasteiger partial charge is 0.137 e. The molecule has 9 atom stereocenters. The lowest BCUT2D eigenvalue weighted by molar-refractivity contribution is -0.234. The predicted octanol–water partition coefficient (Wildman–Crippen LogP) is 3.56. The average Bonchev–Trinajstić information content (AvgIpc) is 3.11. The monoisotopic (exact) mass is 379 g/mol. The number of hydrogen-bond acceptors (Lipinski definition) is 4. The first-order valence-electron chi connectivity index (χ1n) is 11.4. The van der Waals surface area contributed by atoms with Crippen LogP contribution in [0.1, 0.15) is 73.1 Å². The summed E-state index contributed by atoms with van der Waals surface area (Å²) in [7, 11) is 0. The highest BCUT2D eigenvalue weighted by atomic mass is 16.5. The lowest BCUT2D eigenvalue weighted by Gasteiger charge is -2.62. The van der Waals surface area contributed by atoms with Crippen molar-refractivity contribution in [1.82, 2.24) is 5.32 Å². The summed E-state index contributed by atoms with van der Waals surface area (Å²) in [5.74, 6) is 2.49. The van der Waals surface area contributed by atoms with Crippen LogP contribution < -0.4 is 5.32 Å². The molecule has 0 spiro atoms. The molecule has 3 saturated carbocycles. The molecule has 4 fully saturated rings. The zero-order chi connectivity index (χ0) is 19.6. The molecule has 2 bridgehead atoms. The third-order valence-electron chi connectivity index (χ3n) is 9.78. The van der Waals surface area contributed by atoms with E-state index in [-0.39, 0.29) is 23.2 Å². The van der Waals surface area contributed by atoms with Crippen molar-refractivity contribution in [2.24, 2.45) is 40.4 Å². The fourth-order valence-corrected chi connectivity index (χ4v) is 8.00. The zero-order valence-electron chi connectivity index (χ0n) is 18.0. The largest absolute Gasteiger partial charge is 0.393 e. The van der Waals surface area contributed by atoms with Gasteiger partial charge in [0.25, 0.3) is 0 Å². The first kappa shape index (κ1) is 20.1. The minimum absolute atomic E-state index is 0.163. The number of aliphatic hydroxyl groups excluding tert-OH is 1. The number of ether oxygens (including phenoxy) is 1. The van der Waals surface area contributed by atoms with Crippen LogP contribution in [-0.4, -0.2) is 41.3 Å². The third-order valence-corrected chi connectivity index (χ3v) is 9.78. The van der Waals surface area contributed by atoms with Crippen LogP contribution in [0.25, 0.3) is 0 Å². The van der Waals surface area contributed by atoms with E-state index >= 15 is 0 Å². The van der Waals surface area contributed by atoms with Crippen LogP contribution in [0.2, 0.25) is 0 Å². The van der Waals surface area contributed by atoms with E-state index in [2.05, 4.69) is 39.9 Å². The summed E-state index contributed by atoms with van der Waals surface area (Å²) in [6, 6.07) is 0. The van der Waals surface area contributed by atoms with Crippen LogP contribution in [0.3, 0.4) is 0 Å². The van der Waals surface area contributed by atoms with Crippen molar-refractivity contribution >= 4 is 0 Å². The number of nitrogens with one attached hydrogen (secondary N) is 1. The average molecular weight is 380 g/mol. The van der Waals surface area contributed by atoms with Gasteiger partial charge in [0.1, 0.15) is 11.8 Å². The van der Waals surface area contributed by atoms with Gasteiger partial charge in [-0.2, -0.15) is 0 Å². The van der Waals surface area contributed by atoms with E-state index in [1.807, 2.05) is 0 Å². The van der Waals surface area contributed by atoms with Crippen LogP contribution >= 0.6 is 0 Å².